The molecule has 0 saturated heterocycles. The van der Waals surface area contributed by atoms with E-state index in [1.807, 2.05) is 13.8 Å². The summed E-state index contributed by atoms with van der Waals surface area (Å²) in [6.45, 7) is 8.96. The molecule has 6 heteroatoms. The smallest absolute Gasteiger partial charge is 0.342 e. The number of carbonyl (C=O) groups excluding carboxylic acids is 2. The van der Waals surface area contributed by atoms with Gasteiger partial charge in [-0.05, 0) is 38.8 Å². The Hall–Kier alpha value is -2.24. The van der Waals surface area contributed by atoms with Crippen LogP contribution in [0.2, 0.25) is 0 Å². The summed E-state index contributed by atoms with van der Waals surface area (Å²) in [6.07, 6.45) is 3.59. The quantitative estimate of drug-likeness (QED) is 0.403. The summed E-state index contributed by atoms with van der Waals surface area (Å²) >= 11 is 0. The van der Waals surface area contributed by atoms with Crippen molar-refractivity contribution in [3.63, 3.8) is 0 Å². The van der Waals surface area contributed by atoms with Gasteiger partial charge >= 0.3 is 11.9 Å². The fraction of sp³-hybridized carbons (Fsp3) is 0.600. The summed E-state index contributed by atoms with van der Waals surface area (Å²) in [6, 6.07) is 3.03. The highest BCUT2D eigenvalue weighted by Crippen LogP contribution is 2.31. The maximum absolute atomic E-state index is 12.3. The Morgan fingerprint density at radius 3 is 1.42 bits per heavy atom. The van der Waals surface area contributed by atoms with Crippen molar-refractivity contribution in [3.8, 4) is 11.5 Å². The van der Waals surface area contributed by atoms with E-state index in [2.05, 4.69) is 0 Å². The van der Waals surface area contributed by atoms with Crippen LogP contribution in [0.5, 0.6) is 11.5 Å². The fourth-order valence-electron chi connectivity index (χ4n) is 2.19. The number of rotatable bonds is 12. The number of esters is 2. The molecule has 0 amide bonds. The first-order valence-corrected chi connectivity index (χ1v) is 9.36. The van der Waals surface area contributed by atoms with Crippen molar-refractivity contribution in [2.75, 3.05) is 26.4 Å². The third-order valence-electron chi connectivity index (χ3n) is 3.58. The Morgan fingerprint density at radius 1 is 0.731 bits per heavy atom. The molecule has 1 aromatic carbocycles. The number of hydrogen-bond donors (Lipinski definition) is 0. The van der Waals surface area contributed by atoms with Crippen LogP contribution < -0.4 is 9.47 Å². The molecule has 0 radical (unpaired) electrons. The van der Waals surface area contributed by atoms with Crippen LogP contribution >= 0.6 is 0 Å². The first kappa shape index (κ1) is 21.8. The molecule has 0 aliphatic carbocycles. The summed E-state index contributed by atoms with van der Waals surface area (Å²) in [7, 11) is 0. The van der Waals surface area contributed by atoms with Gasteiger partial charge in [0.15, 0.2) is 0 Å². The second-order valence-corrected chi connectivity index (χ2v) is 5.69. The van der Waals surface area contributed by atoms with E-state index < -0.39 is 11.9 Å². The predicted molar refractivity (Wildman–Crippen MR) is 99.2 cm³/mol. The van der Waals surface area contributed by atoms with Crippen molar-refractivity contribution < 1.29 is 28.5 Å². The number of hydrogen-bond acceptors (Lipinski definition) is 6. The van der Waals surface area contributed by atoms with E-state index in [0.29, 0.717) is 24.7 Å². The highest BCUT2D eigenvalue weighted by atomic mass is 16.5. The van der Waals surface area contributed by atoms with Crippen LogP contribution in [-0.2, 0) is 9.47 Å². The van der Waals surface area contributed by atoms with Crippen molar-refractivity contribution in [3.05, 3.63) is 23.3 Å². The van der Waals surface area contributed by atoms with Crippen LogP contribution in [-0.4, -0.2) is 38.4 Å². The van der Waals surface area contributed by atoms with E-state index in [1.54, 1.807) is 13.8 Å². The Morgan fingerprint density at radius 2 is 1.12 bits per heavy atom. The molecule has 0 fully saturated rings. The Kier molecular flexibility index (Phi) is 10.2. The first-order chi connectivity index (χ1) is 12.6. The van der Waals surface area contributed by atoms with Gasteiger partial charge < -0.3 is 18.9 Å². The van der Waals surface area contributed by atoms with Crippen molar-refractivity contribution in [1.29, 1.82) is 0 Å². The molecule has 0 bridgehead atoms. The lowest BCUT2D eigenvalue weighted by atomic mass is 10.1. The molecule has 0 spiro atoms. The van der Waals surface area contributed by atoms with E-state index in [4.69, 9.17) is 18.9 Å². The second-order valence-electron chi connectivity index (χ2n) is 5.69. The molecule has 0 unspecified atom stereocenters. The van der Waals surface area contributed by atoms with Gasteiger partial charge in [-0.15, -0.1) is 0 Å². The van der Waals surface area contributed by atoms with Gasteiger partial charge in [0.2, 0.25) is 0 Å². The van der Waals surface area contributed by atoms with Gasteiger partial charge in [0.05, 0.1) is 26.4 Å². The molecule has 1 rings (SSSR count). The fourth-order valence-corrected chi connectivity index (χ4v) is 2.19. The lowest BCUT2D eigenvalue weighted by Gasteiger charge is -2.16. The number of benzene rings is 1. The first-order valence-electron chi connectivity index (χ1n) is 9.36. The lowest BCUT2D eigenvalue weighted by Crippen LogP contribution is -2.13. The van der Waals surface area contributed by atoms with Crippen molar-refractivity contribution in [2.45, 2.75) is 53.4 Å². The van der Waals surface area contributed by atoms with Crippen molar-refractivity contribution in [2.24, 2.45) is 0 Å². The normalized spacial score (nSPS) is 10.3. The zero-order valence-corrected chi connectivity index (χ0v) is 16.3. The third kappa shape index (κ3) is 6.58. The zero-order valence-electron chi connectivity index (χ0n) is 16.3. The summed E-state index contributed by atoms with van der Waals surface area (Å²) in [4.78, 5) is 24.6. The largest absolute Gasteiger partial charge is 0.493 e. The SMILES string of the molecule is CCCCOc1cc(C(=O)OCC)c(OCCCC)cc1C(=O)OCC. The van der Waals surface area contributed by atoms with Crippen molar-refractivity contribution >= 4 is 11.9 Å². The van der Waals surface area contributed by atoms with Gasteiger partial charge in [0, 0.05) is 0 Å². The number of ether oxygens (including phenoxy) is 4. The van der Waals surface area contributed by atoms with Gasteiger partial charge in [0.25, 0.3) is 0 Å². The van der Waals surface area contributed by atoms with Gasteiger partial charge in [-0.3, -0.25) is 0 Å². The standard InChI is InChI=1S/C20H30O6/c1-5-9-11-25-17-13-16(20(22)24-8-4)18(26-12-10-6-2)14-15(17)19(21)23-7-3/h13-14H,5-12H2,1-4H3. The molecule has 0 N–H and O–H groups in total. The summed E-state index contributed by atoms with van der Waals surface area (Å²) in [5.41, 5.74) is 0.505. The monoisotopic (exact) mass is 366 g/mol. The molecule has 0 heterocycles. The maximum atomic E-state index is 12.3. The molecule has 0 aliphatic rings. The lowest BCUT2D eigenvalue weighted by molar-refractivity contribution is 0.0503. The van der Waals surface area contributed by atoms with Crippen LogP contribution in [0.1, 0.15) is 74.1 Å². The minimum Gasteiger partial charge on any atom is -0.493 e. The minimum atomic E-state index is -0.505. The van der Waals surface area contributed by atoms with Crippen LogP contribution in [0.4, 0.5) is 0 Å². The Labute approximate surface area is 155 Å². The van der Waals surface area contributed by atoms with Gasteiger partial charge in [-0.2, -0.15) is 0 Å². The summed E-state index contributed by atoms with van der Waals surface area (Å²) in [5.74, 6) is -0.393. The van der Waals surface area contributed by atoms with E-state index in [1.165, 1.54) is 12.1 Å². The molecule has 0 saturated carbocycles. The highest BCUT2D eigenvalue weighted by Gasteiger charge is 2.23. The van der Waals surface area contributed by atoms with Gasteiger partial charge in [-0.25, -0.2) is 9.59 Å². The molecule has 0 aliphatic heterocycles. The summed E-state index contributed by atoms with van der Waals surface area (Å²) < 4.78 is 21.7. The van der Waals surface area contributed by atoms with Crippen LogP contribution in [0, 0.1) is 0 Å². The van der Waals surface area contributed by atoms with Crippen LogP contribution in [0.3, 0.4) is 0 Å². The predicted octanol–water partition coefficient (Wildman–Crippen LogP) is 4.40. The second kappa shape index (κ2) is 12.2. The minimum absolute atomic E-state index is 0.249. The van der Waals surface area contributed by atoms with E-state index >= 15 is 0 Å². The maximum Gasteiger partial charge on any atom is 0.342 e. The van der Waals surface area contributed by atoms with Crippen molar-refractivity contribution in [1.82, 2.24) is 0 Å². The number of carbonyl (C=O) groups is 2. The van der Waals surface area contributed by atoms with Crippen LogP contribution in [0.25, 0.3) is 0 Å². The third-order valence-corrected chi connectivity index (χ3v) is 3.58. The molecular formula is C20H30O6. The van der Waals surface area contributed by atoms with Crippen LogP contribution in [0.15, 0.2) is 12.1 Å². The molecule has 1 aromatic rings. The summed E-state index contributed by atoms with van der Waals surface area (Å²) in [5, 5.41) is 0. The molecule has 26 heavy (non-hydrogen) atoms. The average Bonchev–Trinajstić information content (AvgIpc) is 2.63. The average molecular weight is 366 g/mol. The molecule has 0 atom stereocenters. The molecule has 0 aromatic heterocycles. The van der Waals surface area contributed by atoms with Gasteiger partial charge in [0.1, 0.15) is 22.6 Å². The van der Waals surface area contributed by atoms with E-state index in [0.717, 1.165) is 25.7 Å². The molecular weight excluding hydrogens is 336 g/mol. The zero-order chi connectivity index (χ0) is 19.4. The van der Waals surface area contributed by atoms with E-state index in [9.17, 15) is 9.59 Å². The molecule has 146 valence electrons. The van der Waals surface area contributed by atoms with Gasteiger partial charge in [-0.1, -0.05) is 26.7 Å². The number of unbranched alkanes of at least 4 members (excludes halogenated alkanes) is 2. The topological polar surface area (TPSA) is 71.1 Å². The highest BCUT2D eigenvalue weighted by molar-refractivity contribution is 5.98. The Bertz CT molecular complexity index is 530. The Balaban J connectivity index is 3.28. The molecule has 6 nitrogen and oxygen atoms in total. The van der Waals surface area contributed by atoms with E-state index in [-0.39, 0.29) is 24.3 Å².